The number of hydrogen-bond donors (Lipinski definition) is 2. The molecule has 6 heteroatoms. The average Bonchev–Trinajstić information content (AvgIpc) is 2.70. The van der Waals surface area contributed by atoms with Crippen LogP contribution in [-0.4, -0.2) is 17.6 Å². The molecule has 0 aliphatic heterocycles. The molecule has 0 aliphatic carbocycles. The highest BCUT2D eigenvalue weighted by atomic mass is 19.1. The van der Waals surface area contributed by atoms with E-state index >= 15 is 0 Å². The summed E-state index contributed by atoms with van der Waals surface area (Å²) in [5, 5.41) is 1.98. The third-order valence-electron chi connectivity index (χ3n) is 4.08. The molecule has 0 heterocycles. The Morgan fingerprint density at radius 3 is 2.26 bits per heavy atom. The number of hydrazine groups is 1. The van der Waals surface area contributed by atoms with E-state index in [0.717, 1.165) is 16.8 Å². The maximum atomic E-state index is 13.5. The number of hydrogen-bond acceptors (Lipinski definition) is 3. The van der Waals surface area contributed by atoms with Crippen molar-refractivity contribution in [1.82, 2.24) is 10.9 Å². The molecule has 3 aromatic carbocycles. The second-order valence-corrected chi connectivity index (χ2v) is 5.97. The molecular weight excluding hydrogens is 347 g/mol. The summed E-state index contributed by atoms with van der Waals surface area (Å²) in [6, 6.07) is 18.5. The lowest BCUT2D eigenvalue weighted by Crippen LogP contribution is -2.42. The molecule has 0 saturated heterocycles. The molecule has 0 aliphatic rings. The zero-order valence-electron chi connectivity index (χ0n) is 14.4. The first-order valence-electron chi connectivity index (χ1n) is 8.40. The Kier molecular flexibility index (Phi) is 5.56. The van der Waals surface area contributed by atoms with E-state index in [1.54, 1.807) is 12.1 Å². The Morgan fingerprint density at radius 2 is 1.48 bits per heavy atom. The molecule has 0 fully saturated rings. The summed E-state index contributed by atoms with van der Waals surface area (Å²) >= 11 is 0. The number of halogens is 1. The second-order valence-electron chi connectivity index (χ2n) is 5.97. The highest BCUT2D eigenvalue weighted by Gasteiger charge is 2.13. The van der Waals surface area contributed by atoms with Gasteiger partial charge in [-0.2, -0.15) is 0 Å². The molecule has 0 aromatic heterocycles. The first-order chi connectivity index (χ1) is 13.0. The van der Waals surface area contributed by atoms with Gasteiger partial charge in [0.25, 0.3) is 5.91 Å². The van der Waals surface area contributed by atoms with E-state index in [2.05, 4.69) is 10.9 Å². The van der Waals surface area contributed by atoms with Gasteiger partial charge in [0, 0.05) is 18.4 Å². The van der Waals surface area contributed by atoms with E-state index in [-0.39, 0.29) is 24.2 Å². The lowest BCUT2D eigenvalue weighted by molar-refractivity contribution is -0.121. The minimum atomic E-state index is -0.762. The van der Waals surface area contributed by atoms with Gasteiger partial charge in [-0.05, 0) is 29.0 Å². The summed E-state index contributed by atoms with van der Waals surface area (Å²) in [5.74, 6) is -2.15. The van der Waals surface area contributed by atoms with Crippen molar-refractivity contribution in [3.05, 3.63) is 83.7 Å². The molecule has 3 rings (SSSR count). The largest absolute Gasteiger partial charge is 0.294 e. The molecule has 0 saturated carbocycles. The van der Waals surface area contributed by atoms with E-state index in [4.69, 9.17) is 0 Å². The van der Waals surface area contributed by atoms with Crippen LogP contribution in [0, 0.1) is 5.82 Å². The monoisotopic (exact) mass is 364 g/mol. The third-order valence-corrected chi connectivity index (χ3v) is 4.08. The number of carbonyl (C=O) groups is 3. The van der Waals surface area contributed by atoms with E-state index in [1.807, 2.05) is 30.3 Å². The standard InChI is InChI=1S/C21H17FN2O3/c22-18-8-4-3-7-17(18)21(27)24-23-20(26)12-11-19(25)16-10-9-14-5-1-2-6-15(14)13-16/h1-10,13H,11-12H2,(H,23,26)(H,24,27). The number of ketones is 1. The predicted octanol–water partition coefficient (Wildman–Crippen LogP) is 3.40. The number of rotatable bonds is 5. The SMILES string of the molecule is O=C(CCC(=O)c1ccc2ccccc2c1)NNC(=O)c1ccccc1F. The number of fused-ring (bicyclic) bond motifs is 1. The minimum absolute atomic E-state index is 0.000256. The predicted molar refractivity (Wildman–Crippen MR) is 99.5 cm³/mol. The van der Waals surface area contributed by atoms with Crippen LogP contribution < -0.4 is 10.9 Å². The van der Waals surface area contributed by atoms with Gasteiger partial charge in [0.2, 0.25) is 5.91 Å². The quantitative estimate of drug-likeness (QED) is 0.538. The van der Waals surface area contributed by atoms with Gasteiger partial charge >= 0.3 is 0 Å². The summed E-state index contributed by atoms with van der Waals surface area (Å²) < 4.78 is 13.5. The van der Waals surface area contributed by atoms with Gasteiger partial charge in [-0.3, -0.25) is 25.2 Å². The highest BCUT2D eigenvalue weighted by molar-refractivity contribution is 6.01. The topological polar surface area (TPSA) is 75.3 Å². The van der Waals surface area contributed by atoms with Crippen LogP contribution in [0.5, 0.6) is 0 Å². The van der Waals surface area contributed by atoms with Crippen molar-refractivity contribution in [1.29, 1.82) is 0 Å². The van der Waals surface area contributed by atoms with E-state index in [0.29, 0.717) is 5.56 Å². The fourth-order valence-electron chi connectivity index (χ4n) is 2.64. The van der Waals surface area contributed by atoms with Crippen LogP contribution in [0.3, 0.4) is 0 Å². The molecule has 0 bridgehead atoms. The van der Waals surface area contributed by atoms with E-state index in [1.165, 1.54) is 18.2 Å². The molecular formula is C21H17FN2O3. The molecule has 2 amide bonds. The zero-order valence-corrected chi connectivity index (χ0v) is 14.4. The van der Waals surface area contributed by atoms with Crippen LogP contribution in [0.4, 0.5) is 4.39 Å². The van der Waals surface area contributed by atoms with Crippen molar-refractivity contribution >= 4 is 28.4 Å². The zero-order chi connectivity index (χ0) is 19.2. The molecule has 5 nitrogen and oxygen atoms in total. The van der Waals surface area contributed by atoms with Crippen molar-refractivity contribution in [2.75, 3.05) is 0 Å². The molecule has 0 radical (unpaired) electrons. The van der Waals surface area contributed by atoms with Gasteiger partial charge in [0.15, 0.2) is 5.78 Å². The second kappa shape index (κ2) is 8.23. The maximum absolute atomic E-state index is 13.5. The first-order valence-corrected chi connectivity index (χ1v) is 8.40. The Balaban J connectivity index is 1.51. The Hall–Kier alpha value is -3.54. The molecule has 0 unspecified atom stereocenters. The molecule has 2 N–H and O–H groups in total. The molecule has 0 spiro atoms. The maximum Gasteiger partial charge on any atom is 0.272 e. The van der Waals surface area contributed by atoms with Crippen LogP contribution in [0.25, 0.3) is 10.8 Å². The van der Waals surface area contributed by atoms with Gasteiger partial charge in [-0.15, -0.1) is 0 Å². The van der Waals surface area contributed by atoms with Gasteiger partial charge in [-0.25, -0.2) is 4.39 Å². The fourth-order valence-corrected chi connectivity index (χ4v) is 2.64. The Labute approximate surface area is 155 Å². The van der Waals surface area contributed by atoms with E-state index in [9.17, 15) is 18.8 Å². The minimum Gasteiger partial charge on any atom is -0.294 e. The van der Waals surface area contributed by atoms with Gasteiger partial charge < -0.3 is 0 Å². The number of amides is 2. The van der Waals surface area contributed by atoms with Crippen LogP contribution in [0.1, 0.15) is 33.6 Å². The average molecular weight is 364 g/mol. The number of carbonyl (C=O) groups excluding carboxylic acids is 3. The lowest BCUT2D eigenvalue weighted by atomic mass is 10.0. The Morgan fingerprint density at radius 1 is 0.778 bits per heavy atom. The first kappa shape index (κ1) is 18.3. The normalized spacial score (nSPS) is 10.4. The van der Waals surface area contributed by atoms with Crippen LogP contribution in [0.2, 0.25) is 0 Å². The van der Waals surface area contributed by atoms with Crippen LogP contribution in [0.15, 0.2) is 66.7 Å². The van der Waals surface area contributed by atoms with Crippen molar-refractivity contribution in [2.24, 2.45) is 0 Å². The molecule has 0 atom stereocenters. The van der Waals surface area contributed by atoms with Gasteiger partial charge in [-0.1, -0.05) is 48.5 Å². The molecule has 136 valence electrons. The lowest BCUT2D eigenvalue weighted by Gasteiger charge is -2.08. The van der Waals surface area contributed by atoms with Crippen molar-refractivity contribution in [3.8, 4) is 0 Å². The fraction of sp³-hybridized carbons (Fsp3) is 0.0952. The number of Topliss-reactive ketones (excluding diaryl/α,β-unsaturated/α-hetero) is 1. The molecule has 27 heavy (non-hydrogen) atoms. The summed E-state index contributed by atoms with van der Waals surface area (Å²) in [5.41, 5.74) is 4.67. The smallest absolute Gasteiger partial charge is 0.272 e. The van der Waals surface area contributed by atoms with Crippen molar-refractivity contribution < 1.29 is 18.8 Å². The Bertz CT molecular complexity index is 1020. The number of benzene rings is 3. The summed E-state index contributed by atoms with van der Waals surface area (Å²) in [6.45, 7) is 0. The van der Waals surface area contributed by atoms with E-state index < -0.39 is 17.6 Å². The molecule has 3 aromatic rings. The third kappa shape index (κ3) is 4.55. The summed E-state index contributed by atoms with van der Waals surface area (Å²) in [6.07, 6.45) is -0.0943. The van der Waals surface area contributed by atoms with Crippen molar-refractivity contribution in [3.63, 3.8) is 0 Å². The van der Waals surface area contributed by atoms with Crippen LogP contribution >= 0.6 is 0 Å². The van der Waals surface area contributed by atoms with Gasteiger partial charge in [0.05, 0.1) is 5.56 Å². The summed E-state index contributed by atoms with van der Waals surface area (Å²) in [4.78, 5) is 35.9. The van der Waals surface area contributed by atoms with Crippen LogP contribution in [-0.2, 0) is 4.79 Å². The van der Waals surface area contributed by atoms with Crippen molar-refractivity contribution in [2.45, 2.75) is 12.8 Å². The summed E-state index contributed by atoms with van der Waals surface area (Å²) in [7, 11) is 0. The number of nitrogens with one attached hydrogen (secondary N) is 2. The van der Waals surface area contributed by atoms with Gasteiger partial charge in [0.1, 0.15) is 5.82 Å². The highest BCUT2D eigenvalue weighted by Crippen LogP contribution is 2.17.